The SMILES string of the molecule is CN1CCC(N2CCN(C(=O)NCc3ccoc3)CC2)CC1. The molecule has 2 aliphatic rings. The Morgan fingerprint density at radius 2 is 1.95 bits per heavy atom. The molecular weight excluding hydrogens is 280 g/mol. The van der Waals surface area contributed by atoms with Crippen molar-refractivity contribution in [3.63, 3.8) is 0 Å². The van der Waals surface area contributed by atoms with Gasteiger partial charge in [-0.15, -0.1) is 0 Å². The Bertz CT molecular complexity index is 461. The van der Waals surface area contributed by atoms with Crippen molar-refractivity contribution >= 4 is 6.03 Å². The number of hydrogen-bond donors (Lipinski definition) is 1. The van der Waals surface area contributed by atoms with Crippen molar-refractivity contribution in [2.24, 2.45) is 0 Å². The second kappa shape index (κ2) is 7.15. The Morgan fingerprint density at radius 3 is 2.59 bits per heavy atom. The predicted molar refractivity (Wildman–Crippen MR) is 84.6 cm³/mol. The lowest BCUT2D eigenvalue weighted by molar-refractivity contribution is 0.0749. The standard InChI is InChI=1S/C16H26N4O2/c1-18-5-2-15(3-6-18)19-7-9-20(10-8-19)16(21)17-12-14-4-11-22-13-14/h4,11,13,15H,2-3,5-10,12H2,1H3,(H,17,21). The average molecular weight is 306 g/mol. The fraction of sp³-hybridized carbons (Fsp3) is 0.688. The number of piperazine rings is 1. The molecule has 0 saturated carbocycles. The number of nitrogens with zero attached hydrogens (tertiary/aromatic N) is 3. The molecular formula is C16H26N4O2. The number of hydrogen-bond acceptors (Lipinski definition) is 4. The zero-order valence-corrected chi connectivity index (χ0v) is 13.3. The molecule has 2 aliphatic heterocycles. The summed E-state index contributed by atoms with van der Waals surface area (Å²) in [5.41, 5.74) is 0.998. The molecule has 1 aromatic rings. The Morgan fingerprint density at radius 1 is 1.23 bits per heavy atom. The molecule has 0 unspecified atom stereocenters. The second-order valence-electron chi connectivity index (χ2n) is 6.35. The van der Waals surface area contributed by atoms with E-state index in [0.717, 1.165) is 31.7 Å². The summed E-state index contributed by atoms with van der Waals surface area (Å²) in [7, 11) is 2.19. The minimum absolute atomic E-state index is 0.0317. The summed E-state index contributed by atoms with van der Waals surface area (Å²) in [6.07, 6.45) is 5.80. The first kappa shape index (κ1) is 15.4. The maximum absolute atomic E-state index is 12.2. The second-order valence-corrected chi connectivity index (χ2v) is 6.35. The van der Waals surface area contributed by atoms with E-state index in [4.69, 9.17) is 4.42 Å². The third-order valence-electron chi connectivity index (χ3n) is 4.83. The van der Waals surface area contributed by atoms with E-state index in [-0.39, 0.29) is 6.03 Å². The van der Waals surface area contributed by atoms with Crippen LogP contribution in [0.15, 0.2) is 23.0 Å². The van der Waals surface area contributed by atoms with Crippen LogP contribution in [0.4, 0.5) is 4.79 Å². The lowest BCUT2D eigenvalue weighted by atomic mass is 10.0. The summed E-state index contributed by atoms with van der Waals surface area (Å²) in [6.45, 7) is 6.55. The molecule has 0 radical (unpaired) electrons. The quantitative estimate of drug-likeness (QED) is 0.912. The smallest absolute Gasteiger partial charge is 0.317 e. The van der Waals surface area contributed by atoms with Gasteiger partial charge in [0.2, 0.25) is 0 Å². The van der Waals surface area contributed by atoms with Gasteiger partial charge in [0.05, 0.1) is 12.5 Å². The van der Waals surface area contributed by atoms with Crippen molar-refractivity contribution in [2.75, 3.05) is 46.3 Å². The summed E-state index contributed by atoms with van der Waals surface area (Å²) in [6, 6.07) is 2.61. The highest BCUT2D eigenvalue weighted by Gasteiger charge is 2.27. The molecule has 22 heavy (non-hydrogen) atoms. The third-order valence-corrected chi connectivity index (χ3v) is 4.83. The van der Waals surface area contributed by atoms with Crippen LogP contribution in [0.2, 0.25) is 0 Å². The molecule has 0 atom stereocenters. The number of furan rings is 1. The lowest BCUT2D eigenvalue weighted by Gasteiger charge is -2.42. The summed E-state index contributed by atoms with van der Waals surface area (Å²) in [4.78, 5) is 19.1. The number of carbonyl (C=O) groups is 1. The van der Waals surface area contributed by atoms with Crippen LogP contribution in [-0.2, 0) is 6.54 Å². The van der Waals surface area contributed by atoms with Gasteiger partial charge in [0.25, 0.3) is 0 Å². The summed E-state index contributed by atoms with van der Waals surface area (Å²) < 4.78 is 5.01. The van der Waals surface area contributed by atoms with Crippen molar-refractivity contribution < 1.29 is 9.21 Å². The Hall–Kier alpha value is -1.53. The van der Waals surface area contributed by atoms with Crippen LogP contribution in [0.1, 0.15) is 18.4 Å². The van der Waals surface area contributed by atoms with Gasteiger partial charge < -0.3 is 19.5 Å². The minimum atomic E-state index is 0.0317. The van der Waals surface area contributed by atoms with Gasteiger partial charge in [-0.25, -0.2) is 4.79 Å². The Kier molecular flexibility index (Phi) is 5.00. The molecule has 2 saturated heterocycles. The molecule has 1 aromatic heterocycles. The number of carbonyl (C=O) groups excluding carboxylic acids is 1. The largest absolute Gasteiger partial charge is 0.472 e. The molecule has 0 bridgehead atoms. The molecule has 0 aliphatic carbocycles. The van der Waals surface area contributed by atoms with Crippen LogP contribution in [0.25, 0.3) is 0 Å². The highest BCUT2D eigenvalue weighted by Crippen LogP contribution is 2.17. The monoisotopic (exact) mass is 306 g/mol. The van der Waals surface area contributed by atoms with Gasteiger partial charge in [0, 0.05) is 44.3 Å². The normalized spacial score (nSPS) is 22.0. The van der Waals surface area contributed by atoms with E-state index in [1.807, 2.05) is 11.0 Å². The van der Waals surface area contributed by atoms with Gasteiger partial charge >= 0.3 is 6.03 Å². The van der Waals surface area contributed by atoms with Crippen molar-refractivity contribution in [2.45, 2.75) is 25.4 Å². The molecule has 6 nitrogen and oxygen atoms in total. The van der Waals surface area contributed by atoms with Gasteiger partial charge in [0.1, 0.15) is 0 Å². The Labute approximate surface area is 132 Å². The van der Waals surface area contributed by atoms with Crippen LogP contribution in [0.5, 0.6) is 0 Å². The van der Waals surface area contributed by atoms with E-state index >= 15 is 0 Å². The van der Waals surface area contributed by atoms with E-state index in [0.29, 0.717) is 12.6 Å². The van der Waals surface area contributed by atoms with Crippen molar-refractivity contribution in [1.82, 2.24) is 20.0 Å². The number of piperidine rings is 1. The Balaban J connectivity index is 1.40. The maximum Gasteiger partial charge on any atom is 0.317 e. The lowest BCUT2D eigenvalue weighted by Crippen LogP contribution is -2.55. The van der Waals surface area contributed by atoms with Gasteiger partial charge in [-0.2, -0.15) is 0 Å². The first-order valence-electron chi connectivity index (χ1n) is 8.19. The average Bonchev–Trinajstić information content (AvgIpc) is 3.07. The fourth-order valence-electron chi connectivity index (χ4n) is 3.33. The summed E-state index contributed by atoms with van der Waals surface area (Å²) in [5, 5.41) is 2.96. The molecule has 2 amide bonds. The number of amides is 2. The van der Waals surface area contributed by atoms with Crippen LogP contribution >= 0.6 is 0 Å². The number of likely N-dealkylation sites (tertiary alicyclic amines) is 1. The molecule has 2 fully saturated rings. The fourth-order valence-corrected chi connectivity index (χ4v) is 3.33. The molecule has 3 rings (SSSR count). The molecule has 3 heterocycles. The van der Waals surface area contributed by atoms with Gasteiger partial charge in [-0.05, 0) is 39.0 Å². The van der Waals surface area contributed by atoms with Gasteiger partial charge in [0.15, 0.2) is 0 Å². The van der Waals surface area contributed by atoms with E-state index in [1.54, 1.807) is 12.5 Å². The van der Waals surface area contributed by atoms with Crippen molar-refractivity contribution in [1.29, 1.82) is 0 Å². The zero-order valence-electron chi connectivity index (χ0n) is 13.3. The number of nitrogens with one attached hydrogen (secondary N) is 1. The van der Waals surface area contributed by atoms with E-state index in [9.17, 15) is 4.79 Å². The number of rotatable bonds is 3. The van der Waals surface area contributed by atoms with Crippen LogP contribution in [0, 0.1) is 0 Å². The van der Waals surface area contributed by atoms with Gasteiger partial charge in [-0.1, -0.05) is 0 Å². The van der Waals surface area contributed by atoms with Crippen molar-refractivity contribution in [3.05, 3.63) is 24.2 Å². The first-order valence-corrected chi connectivity index (χ1v) is 8.19. The van der Waals surface area contributed by atoms with E-state index in [2.05, 4.69) is 22.2 Å². The minimum Gasteiger partial charge on any atom is -0.472 e. The topological polar surface area (TPSA) is 52.0 Å². The first-order chi connectivity index (χ1) is 10.7. The highest BCUT2D eigenvalue weighted by molar-refractivity contribution is 5.74. The molecule has 1 N–H and O–H groups in total. The predicted octanol–water partition coefficient (Wildman–Crippen LogP) is 1.20. The number of urea groups is 1. The molecule has 0 spiro atoms. The van der Waals surface area contributed by atoms with E-state index in [1.165, 1.54) is 25.9 Å². The molecule has 0 aromatic carbocycles. The molecule has 6 heteroatoms. The van der Waals surface area contributed by atoms with Crippen LogP contribution in [-0.4, -0.2) is 73.1 Å². The highest BCUT2D eigenvalue weighted by atomic mass is 16.3. The van der Waals surface area contributed by atoms with Crippen LogP contribution < -0.4 is 5.32 Å². The summed E-state index contributed by atoms with van der Waals surface area (Å²) >= 11 is 0. The summed E-state index contributed by atoms with van der Waals surface area (Å²) in [5.74, 6) is 0. The van der Waals surface area contributed by atoms with Crippen LogP contribution in [0.3, 0.4) is 0 Å². The van der Waals surface area contributed by atoms with E-state index < -0.39 is 0 Å². The third kappa shape index (κ3) is 3.81. The van der Waals surface area contributed by atoms with Gasteiger partial charge in [-0.3, -0.25) is 4.90 Å². The molecule has 122 valence electrons. The zero-order chi connectivity index (χ0) is 15.4. The maximum atomic E-state index is 12.2. The van der Waals surface area contributed by atoms with Crippen molar-refractivity contribution in [3.8, 4) is 0 Å².